The van der Waals surface area contributed by atoms with Gasteiger partial charge in [0.15, 0.2) is 0 Å². The Morgan fingerprint density at radius 3 is 2.81 bits per heavy atom. The zero-order valence-corrected chi connectivity index (χ0v) is 12.3. The van der Waals surface area contributed by atoms with Gasteiger partial charge in [-0.2, -0.15) is 0 Å². The molecule has 1 aromatic carbocycles. The lowest BCUT2D eigenvalue weighted by Gasteiger charge is -2.35. The van der Waals surface area contributed by atoms with Gasteiger partial charge in [-0.3, -0.25) is 9.69 Å². The summed E-state index contributed by atoms with van der Waals surface area (Å²) in [7, 11) is 0. The molecular weight excluding hydrogens is 266 g/mol. The normalized spacial score (nSPS) is 23.0. The van der Waals surface area contributed by atoms with Crippen molar-refractivity contribution in [1.29, 1.82) is 0 Å². The van der Waals surface area contributed by atoms with Crippen molar-refractivity contribution >= 4 is 5.91 Å². The lowest BCUT2D eigenvalue weighted by Crippen LogP contribution is -2.53. The Morgan fingerprint density at radius 2 is 2.10 bits per heavy atom. The molecule has 1 amide bonds. The molecular formula is C16H23N3O2. The summed E-state index contributed by atoms with van der Waals surface area (Å²) in [6.45, 7) is 3.21. The molecule has 0 spiro atoms. The molecule has 2 fully saturated rings. The number of benzene rings is 1. The van der Waals surface area contributed by atoms with E-state index < -0.39 is 0 Å². The van der Waals surface area contributed by atoms with Crippen LogP contribution in [-0.4, -0.2) is 42.6 Å². The number of ether oxygens (including phenoxy) is 1. The first-order valence-corrected chi connectivity index (χ1v) is 7.67. The molecule has 1 saturated carbocycles. The molecule has 1 atom stereocenters. The molecule has 1 unspecified atom stereocenters. The van der Waals surface area contributed by atoms with Crippen LogP contribution in [0.15, 0.2) is 24.3 Å². The number of nitrogens with one attached hydrogen (secondary N) is 1. The van der Waals surface area contributed by atoms with E-state index in [0.717, 1.165) is 31.5 Å². The van der Waals surface area contributed by atoms with Gasteiger partial charge in [-0.05, 0) is 24.0 Å². The number of hydrogen-bond acceptors (Lipinski definition) is 4. The Hall–Kier alpha value is -1.43. The molecule has 114 valence electrons. The van der Waals surface area contributed by atoms with E-state index in [4.69, 9.17) is 10.5 Å². The summed E-state index contributed by atoms with van der Waals surface area (Å²) >= 11 is 0. The highest BCUT2D eigenvalue weighted by atomic mass is 16.5. The highest BCUT2D eigenvalue weighted by Gasteiger charge is 2.33. The van der Waals surface area contributed by atoms with Gasteiger partial charge in [0.2, 0.25) is 5.91 Å². The molecule has 2 aliphatic rings. The maximum atomic E-state index is 12.3. The summed E-state index contributed by atoms with van der Waals surface area (Å²) < 4.78 is 5.50. The van der Waals surface area contributed by atoms with E-state index in [-0.39, 0.29) is 11.9 Å². The molecule has 1 aliphatic carbocycles. The van der Waals surface area contributed by atoms with Crippen molar-refractivity contribution in [2.45, 2.75) is 38.0 Å². The van der Waals surface area contributed by atoms with Crippen molar-refractivity contribution < 1.29 is 9.53 Å². The van der Waals surface area contributed by atoms with Crippen LogP contribution in [0.3, 0.4) is 0 Å². The van der Waals surface area contributed by atoms with E-state index >= 15 is 0 Å². The Morgan fingerprint density at radius 1 is 1.33 bits per heavy atom. The minimum Gasteiger partial charge on any atom is -0.378 e. The SMILES string of the molecule is NCc1ccccc1CN1CCOCC1C(=O)NC1CC1. The van der Waals surface area contributed by atoms with Crippen molar-refractivity contribution in [2.24, 2.45) is 5.73 Å². The maximum Gasteiger partial charge on any atom is 0.239 e. The topological polar surface area (TPSA) is 67.6 Å². The summed E-state index contributed by atoms with van der Waals surface area (Å²) in [4.78, 5) is 14.6. The van der Waals surface area contributed by atoms with Crippen LogP contribution >= 0.6 is 0 Å². The van der Waals surface area contributed by atoms with Crippen LogP contribution < -0.4 is 11.1 Å². The summed E-state index contributed by atoms with van der Waals surface area (Å²) in [5.74, 6) is 0.0995. The minimum absolute atomic E-state index is 0.0995. The second kappa shape index (κ2) is 6.56. The third kappa shape index (κ3) is 3.61. The lowest BCUT2D eigenvalue weighted by molar-refractivity contribution is -0.133. The number of nitrogens with zero attached hydrogens (tertiary/aromatic N) is 1. The summed E-state index contributed by atoms with van der Waals surface area (Å²) in [5, 5.41) is 3.08. The number of hydrogen-bond donors (Lipinski definition) is 2. The van der Waals surface area contributed by atoms with Gasteiger partial charge in [0, 0.05) is 25.7 Å². The lowest BCUT2D eigenvalue weighted by atomic mass is 10.1. The van der Waals surface area contributed by atoms with E-state index in [0.29, 0.717) is 25.8 Å². The number of nitrogens with two attached hydrogens (primary N) is 1. The predicted molar refractivity (Wildman–Crippen MR) is 80.5 cm³/mol. The fourth-order valence-corrected chi connectivity index (χ4v) is 2.72. The van der Waals surface area contributed by atoms with E-state index in [1.807, 2.05) is 12.1 Å². The van der Waals surface area contributed by atoms with Crippen molar-refractivity contribution in [3.8, 4) is 0 Å². The van der Waals surface area contributed by atoms with Crippen LogP contribution in [-0.2, 0) is 22.6 Å². The van der Waals surface area contributed by atoms with Gasteiger partial charge in [-0.1, -0.05) is 24.3 Å². The van der Waals surface area contributed by atoms with Crippen LogP contribution in [0.1, 0.15) is 24.0 Å². The predicted octanol–water partition coefficient (Wildman–Crippen LogP) is 0.625. The second-order valence-electron chi connectivity index (χ2n) is 5.82. The van der Waals surface area contributed by atoms with Crippen molar-refractivity contribution in [1.82, 2.24) is 10.2 Å². The third-order valence-corrected chi connectivity index (χ3v) is 4.18. The molecule has 1 aromatic rings. The molecule has 1 saturated heterocycles. The Bertz CT molecular complexity index is 502. The Kier molecular flexibility index (Phi) is 4.53. The molecule has 5 heteroatoms. The zero-order chi connectivity index (χ0) is 14.7. The minimum atomic E-state index is -0.190. The number of morpholine rings is 1. The standard InChI is InChI=1S/C16H23N3O2/c17-9-12-3-1-2-4-13(12)10-19-7-8-21-11-15(19)16(20)18-14-5-6-14/h1-4,14-15H,5-11,17H2,(H,18,20). The number of carbonyl (C=O) groups excluding carboxylic acids is 1. The molecule has 5 nitrogen and oxygen atoms in total. The largest absolute Gasteiger partial charge is 0.378 e. The Balaban J connectivity index is 1.69. The number of rotatable bonds is 5. The van der Waals surface area contributed by atoms with Crippen molar-refractivity contribution in [3.05, 3.63) is 35.4 Å². The monoisotopic (exact) mass is 289 g/mol. The molecule has 0 bridgehead atoms. The molecule has 0 aromatic heterocycles. The first-order valence-electron chi connectivity index (χ1n) is 7.67. The molecule has 3 rings (SSSR count). The summed E-state index contributed by atoms with van der Waals surface area (Å²) in [5.41, 5.74) is 8.15. The molecule has 1 heterocycles. The van der Waals surface area contributed by atoms with Gasteiger partial charge < -0.3 is 15.8 Å². The van der Waals surface area contributed by atoms with Crippen LogP contribution in [0.4, 0.5) is 0 Å². The highest BCUT2D eigenvalue weighted by molar-refractivity contribution is 5.82. The molecule has 3 N–H and O–H groups in total. The van der Waals surface area contributed by atoms with Crippen LogP contribution in [0.25, 0.3) is 0 Å². The quantitative estimate of drug-likeness (QED) is 0.834. The highest BCUT2D eigenvalue weighted by Crippen LogP contribution is 2.21. The van der Waals surface area contributed by atoms with E-state index in [2.05, 4.69) is 22.3 Å². The number of carbonyl (C=O) groups is 1. The first kappa shape index (κ1) is 14.5. The zero-order valence-electron chi connectivity index (χ0n) is 12.3. The maximum absolute atomic E-state index is 12.3. The van der Waals surface area contributed by atoms with Gasteiger partial charge >= 0.3 is 0 Å². The average molecular weight is 289 g/mol. The van der Waals surface area contributed by atoms with Gasteiger partial charge in [-0.15, -0.1) is 0 Å². The molecule has 21 heavy (non-hydrogen) atoms. The van der Waals surface area contributed by atoms with Gasteiger partial charge in [0.1, 0.15) is 6.04 Å². The van der Waals surface area contributed by atoms with Crippen LogP contribution in [0.5, 0.6) is 0 Å². The Labute approximate surface area is 125 Å². The van der Waals surface area contributed by atoms with E-state index in [1.165, 1.54) is 5.56 Å². The van der Waals surface area contributed by atoms with Crippen molar-refractivity contribution in [3.63, 3.8) is 0 Å². The van der Waals surface area contributed by atoms with Gasteiger partial charge in [0.05, 0.1) is 13.2 Å². The third-order valence-electron chi connectivity index (χ3n) is 4.18. The number of amides is 1. The van der Waals surface area contributed by atoms with Crippen LogP contribution in [0, 0.1) is 0 Å². The van der Waals surface area contributed by atoms with E-state index in [9.17, 15) is 4.79 Å². The van der Waals surface area contributed by atoms with Crippen molar-refractivity contribution in [2.75, 3.05) is 19.8 Å². The first-order chi connectivity index (χ1) is 10.3. The smallest absolute Gasteiger partial charge is 0.239 e. The average Bonchev–Trinajstić information content (AvgIpc) is 3.32. The second-order valence-corrected chi connectivity index (χ2v) is 5.82. The molecule has 0 radical (unpaired) electrons. The summed E-state index contributed by atoms with van der Waals surface area (Å²) in [6, 6.07) is 8.36. The molecule has 1 aliphatic heterocycles. The fourth-order valence-electron chi connectivity index (χ4n) is 2.72. The summed E-state index contributed by atoms with van der Waals surface area (Å²) in [6.07, 6.45) is 2.21. The van der Waals surface area contributed by atoms with Gasteiger partial charge in [0.25, 0.3) is 0 Å². The van der Waals surface area contributed by atoms with Crippen LogP contribution in [0.2, 0.25) is 0 Å². The van der Waals surface area contributed by atoms with E-state index in [1.54, 1.807) is 0 Å². The van der Waals surface area contributed by atoms with Gasteiger partial charge in [-0.25, -0.2) is 0 Å². The fraction of sp³-hybridized carbons (Fsp3) is 0.562.